The third kappa shape index (κ3) is 3.40. The number of hydrogen-bond acceptors (Lipinski definition) is 5. The molecule has 4 rings (SSSR count). The van der Waals surface area contributed by atoms with Crippen molar-refractivity contribution in [2.24, 2.45) is 16.7 Å². The summed E-state index contributed by atoms with van der Waals surface area (Å²) in [6.45, 7) is 5.37. The van der Waals surface area contributed by atoms with Crippen molar-refractivity contribution in [3.63, 3.8) is 0 Å². The van der Waals surface area contributed by atoms with E-state index in [0.717, 1.165) is 25.1 Å². The van der Waals surface area contributed by atoms with E-state index in [1.165, 1.54) is 10.4 Å². The fourth-order valence-corrected chi connectivity index (χ4v) is 7.99. The standard InChI is InChI=1S/C20H28F3N3O3S/c1-18(2)14-5-6-19(18,16(27)11-14)13-30(28,29)26-9-7-25(8-10-26)17-4-3-15(12-24-17)20(21,22)23/h3-4,12,14,16,27H,5-11,13H2,1-2H3/t14-,16?,19-/m1/s1. The quantitative estimate of drug-likeness (QED) is 0.769. The van der Waals surface area contributed by atoms with Crippen molar-refractivity contribution in [3.8, 4) is 0 Å². The van der Waals surface area contributed by atoms with Crippen LogP contribution in [0.1, 0.15) is 38.7 Å². The smallest absolute Gasteiger partial charge is 0.392 e. The normalized spacial score (nSPS) is 32.0. The van der Waals surface area contributed by atoms with Gasteiger partial charge in [-0.1, -0.05) is 13.8 Å². The Labute approximate surface area is 175 Å². The van der Waals surface area contributed by atoms with E-state index in [-0.39, 0.29) is 24.3 Å². The van der Waals surface area contributed by atoms with Crippen LogP contribution in [-0.2, 0) is 16.2 Å². The Balaban J connectivity index is 1.42. The molecule has 168 valence electrons. The molecule has 1 saturated heterocycles. The van der Waals surface area contributed by atoms with Crippen LogP contribution in [0.2, 0.25) is 0 Å². The summed E-state index contributed by atoms with van der Waals surface area (Å²) in [5, 5.41) is 10.7. The largest absolute Gasteiger partial charge is 0.417 e. The summed E-state index contributed by atoms with van der Waals surface area (Å²) in [5.41, 5.74) is -1.63. The van der Waals surface area contributed by atoms with Crippen LogP contribution in [0.15, 0.2) is 18.3 Å². The van der Waals surface area contributed by atoms with Crippen LogP contribution in [0.4, 0.5) is 19.0 Å². The van der Waals surface area contributed by atoms with Gasteiger partial charge in [-0.3, -0.25) is 0 Å². The molecule has 3 fully saturated rings. The van der Waals surface area contributed by atoms with Gasteiger partial charge in [0.05, 0.1) is 17.4 Å². The van der Waals surface area contributed by atoms with Crippen molar-refractivity contribution in [1.82, 2.24) is 9.29 Å². The summed E-state index contributed by atoms with van der Waals surface area (Å²) in [7, 11) is -3.57. The van der Waals surface area contributed by atoms with Gasteiger partial charge in [0.2, 0.25) is 10.0 Å². The first kappa shape index (κ1) is 21.8. The van der Waals surface area contributed by atoms with Gasteiger partial charge in [-0.2, -0.15) is 17.5 Å². The summed E-state index contributed by atoms with van der Waals surface area (Å²) < 4.78 is 66.0. The highest BCUT2D eigenvalue weighted by molar-refractivity contribution is 7.89. The first-order chi connectivity index (χ1) is 13.9. The van der Waals surface area contributed by atoms with Crippen molar-refractivity contribution in [2.45, 2.75) is 45.4 Å². The number of halogens is 3. The molecular weight excluding hydrogens is 419 g/mol. The van der Waals surface area contributed by atoms with Gasteiger partial charge in [-0.25, -0.2) is 13.4 Å². The van der Waals surface area contributed by atoms with Crippen LogP contribution in [0.5, 0.6) is 0 Å². The van der Waals surface area contributed by atoms with Crippen molar-refractivity contribution in [1.29, 1.82) is 0 Å². The lowest BCUT2D eigenvalue weighted by Crippen LogP contribution is -2.53. The van der Waals surface area contributed by atoms with Gasteiger partial charge in [-0.05, 0) is 42.7 Å². The lowest BCUT2D eigenvalue weighted by molar-refractivity contribution is -0.137. The molecule has 0 spiro atoms. The average Bonchev–Trinajstić information content (AvgIpc) is 3.01. The number of aliphatic hydroxyl groups is 1. The maximum absolute atomic E-state index is 13.2. The molecule has 0 radical (unpaired) electrons. The Hall–Kier alpha value is -1.39. The summed E-state index contributed by atoms with van der Waals surface area (Å²) in [5.74, 6) is 0.707. The van der Waals surface area contributed by atoms with Gasteiger partial charge in [0.15, 0.2) is 0 Å². The van der Waals surface area contributed by atoms with E-state index in [2.05, 4.69) is 18.8 Å². The van der Waals surface area contributed by atoms with Crippen molar-refractivity contribution in [3.05, 3.63) is 23.9 Å². The summed E-state index contributed by atoms with van der Waals surface area (Å²) >= 11 is 0. The second-order valence-corrected chi connectivity index (χ2v) is 11.4. The summed E-state index contributed by atoms with van der Waals surface area (Å²) in [6.07, 6.45) is -1.89. The molecule has 2 heterocycles. The van der Waals surface area contributed by atoms with E-state index in [1.54, 1.807) is 4.90 Å². The first-order valence-electron chi connectivity index (χ1n) is 10.3. The minimum absolute atomic E-state index is 0.0524. The number of nitrogens with zero attached hydrogens (tertiary/aromatic N) is 3. The van der Waals surface area contributed by atoms with E-state index >= 15 is 0 Å². The predicted molar refractivity (Wildman–Crippen MR) is 106 cm³/mol. The van der Waals surface area contributed by atoms with Gasteiger partial charge >= 0.3 is 6.18 Å². The van der Waals surface area contributed by atoms with Crippen molar-refractivity contribution >= 4 is 15.8 Å². The monoisotopic (exact) mass is 447 g/mol. The van der Waals surface area contributed by atoms with E-state index in [9.17, 15) is 26.7 Å². The molecule has 1 N–H and O–H groups in total. The Kier molecular flexibility index (Phi) is 5.14. The third-order valence-corrected chi connectivity index (χ3v) is 9.89. The van der Waals surface area contributed by atoms with E-state index in [1.807, 2.05) is 0 Å². The molecule has 0 amide bonds. The molecule has 10 heteroatoms. The average molecular weight is 448 g/mol. The predicted octanol–water partition coefficient (Wildman–Crippen LogP) is 2.74. The van der Waals surface area contributed by atoms with Crippen LogP contribution in [0, 0.1) is 16.7 Å². The topological polar surface area (TPSA) is 73.7 Å². The van der Waals surface area contributed by atoms with Crippen molar-refractivity contribution < 1.29 is 26.7 Å². The number of fused-ring (bicyclic) bond motifs is 2. The fourth-order valence-electron chi connectivity index (χ4n) is 5.73. The summed E-state index contributed by atoms with van der Waals surface area (Å²) in [6, 6.07) is 2.31. The molecule has 2 saturated carbocycles. The van der Waals surface area contributed by atoms with Crippen LogP contribution >= 0.6 is 0 Å². The minimum Gasteiger partial charge on any atom is -0.392 e. The highest BCUT2D eigenvalue weighted by atomic mass is 32.2. The van der Waals surface area contributed by atoms with Crippen molar-refractivity contribution in [2.75, 3.05) is 36.8 Å². The highest BCUT2D eigenvalue weighted by Gasteiger charge is 2.65. The fraction of sp³-hybridized carbons (Fsp3) is 0.750. The Morgan fingerprint density at radius 2 is 1.87 bits per heavy atom. The van der Waals surface area contributed by atoms with Gasteiger partial charge in [0.1, 0.15) is 5.82 Å². The number of piperazine rings is 1. The third-order valence-electron chi connectivity index (χ3n) is 7.86. The molecule has 3 aliphatic rings. The number of rotatable bonds is 4. The molecule has 1 unspecified atom stereocenters. The Morgan fingerprint density at radius 1 is 1.20 bits per heavy atom. The molecule has 1 aliphatic heterocycles. The number of anilines is 1. The van der Waals surface area contributed by atoms with E-state index in [0.29, 0.717) is 31.2 Å². The molecule has 2 aliphatic carbocycles. The van der Waals surface area contributed by atoms with Gasteiger partial charge in [0.25, 0.3) is 0 Å². The molecular formula is C20H28F3N3O3S. The van der Waals surface area contributed by atoms with Crippen LogP contribution in [0.3, 0.4) is 0 Å². The second kappa shape index (κ2) is 7.06. The van der Waals surface area contributed by atoms with Crippen LogP contribution in [0.25, 0.3) is 0 Å². The zero-order chi connectivity index (χ0) is 21.9. The number of aliphatic hydroxyl groups excluding tert-OH is 1. The molecule has 2 bridgehead atoms. The minimum atomic E-state index is -4.43. The van der Waals surface area contributed by atoms with E-state index < -0.39 is 33.3 Å². The Bertz CT molecular complexity index is 896. The number of hydrogen-bond donors (Lipinski definition) is 1. The SMILES string of the molecule is CC1(C)[C@@H]2CC[C@@]1(CS(=O)(=O)N1CCN(c3ccc(C(F)(F)F)cn3)CC1)C(O)C2. The maximum Gasteiger partial charge on any atom is 0.417 e. The first-order valence-corrected chi connectivity index (χ1v) is 11.9. The van der Waals surface area contributed by atoms with Gasteiger partial charge in [-0.15, -0.1) is 0 Å². The number of alkyl halides is 3. The number of sulfonamides is 1. The number of aromatic nitrogens is 1. The van der Waals surface area contributed by atoms with Gasteiger partial charge < -0.3 is 10.0 Å². The molecule has 1 aromatic rings. The van der Waals surface area contributed by atoms with Crippen LogP contribution in [-0.4, -0.2) is 60.8 Å². The molecule has 0 aromatic carbocycles. The van der Waals surface area contributed by atoms with Crippen LogP contribution < -0.4 is 4.90 Å². The molecule has 3 atom stereocenters. The second-order valence-electron chi connectivity index (χ2n) is 9.41. The molecule has 6 nitrogen and oxygen atoms in total. The molecule has 1 aromatic heterocycles. The van der Waals surface area contributed by atoms with E-state index in [4.69, 9.17) is 0 Å². The zero-order valence-corrected chi connectivity index (χ0v) is 18.0. The maximum atomic E-state index is 13.2. The molecule has 30 heavy (non-hydrogen) atoms. The van der Waals surface area contributed by atoms with Gasteiger partial charge in [0, 0.05) is 37.8 Å². The number of pyridine rings is 1. The lowest BCUT2D eigenvalue weighted by Gasteiger charge is -2.42. The Morgan fingerprint density at radius 3 is 2.33 bits per heavy atom. The summed E-state index contributed by atoms with van der Waals surface area (Å²) in [4.78, 5) is 5.70. The zero-order valence-electron chi connectivity index (χ0n) is 17.2. The highest BCUT2D eigenvalue weighted by Crippen LogP contribution is 2.66. The lowest BCUT2D eigenvalue weighted by atomic mass is 9.70.